The zero-order chi connectivity index (χ0) is 19.8. The average Bonchev–Trinajstić information content (AvgIpc) is 3.02. The molecule has 0 bridgehead atoms. The highest BCUT2D eigenvalue weighted by molar-refractivity contribution is 6.37. The fraction of sp³-hybridized carbons (Fsp3) is 0.0476. The zero-order valence-electron chi connectivity index (χ0n) is 14.7. The summed E-state index contributed by atoms with van der Waals surface area (Å²) in [5.74, 6) is -0.800. The molecule has 0 aliphatic heterocycles. The van der Waals surface area contributed by atoms with E-state index in [1.807, 2.05) is 55.6 Å². The van der Waals surface area contributed by atoms with E-state index in [2.05, 4.69) is 10.3 Å². The minimum atomic E-state index is -0.715. The minimum absolute atomic E-state index is 0.00959. The van der Waals surface area contributed by atoms with Crippen molar-refractivity contribution in [3.63, 3.8) is 0 Å². The van der Waals surface area contributed by atoms with Crippen molar-refractivity contribution in [2.24, 2.45) is 0 Å². The SMILES string of the molecule is Cc1ccn2c(NC(=O)c3cc(F)c(Cl)cc3Cl)c(-c3ccccc3)nc2c1. The number of benzene rings is 2. The first kappa shape index (κ1) is 18.5. The van der Waals surface area contributed by atoms with Crippen LogP contribution < -0.4 is 5.32 Å². The van der Waals surface area contributed by atoms with Gasteiger partial charge in [0, 0.05) is 11.8 Å². The van der Waals surface area contributed by atoms with E-state index in [1.54, 1.807) is 4.40 Å². The van der Waals surface area contributed by atoms with Gasteiger partial charge in [-0.05, 0) is 36.8 Å². The Kier molecular flexibility index (Phi) is 4.79. The number of aryl methyl sites for hydroxylation is 1. The van der Waals surface area contributed by atoms with Crippen LogP contribution in [-0.2, 0) is 0 Å². The van der Waals surface area contributed by atoms with E-state index in [-0.39, 0.29) is 15.6 Å². The van der Waals surface area contributed by atoms with E-state index in [9.17, 15) is 9.18 Å². The van der Waals surface area contributed by atoms with Crippen LogP contribution in [0.5, 0.6) is 0 Å². The molecule has 0 aliphatic rings. The van der Waals surface area contributed by atoms with Crippen LogP contribution in [0.25, 0.3) is 16.9 Å². The van der Waals surface area contributed by atoms with Crippen LogP contribution in [0.15, 0.2) is 60.8 Å². The van der Waals surface area contributed by atoms with Gasteiger partial charge in [-0.15, -0.1) is 0 Å². The number of carbonyl (C=O) groups excluding carboxylic acids is 1. The Balaban J connectivity index is 1.84. The summed E-state index contributed by atoms with van der Waals surface area (Å²) < 4.78 is 15.6. The number of halogens is 3. The first-order valence-electron chi connectivity index (χ1n) is 8.44. The molecule has 2 aromatic heterocycles. The molecule has 0 saturated carbocycles. The maximum atomic E-state index is 13.9. The quantitative estimate of drug-likeness (QED) is 0.418. The molecule has 7 heteroatoms. The summed E-state index contributed by atoms with van der Waals surface area (Å²) in [6.07, 6.45) is 1.82. The van der Waals surface area contributed by atoms with Crippen LogP contribution in [0.2, 0.25) is 10.0 Å². The minimum Gasteiger partial charge on any atom is -0.306 e. The molecule has 0 spiro atoms. The number of aromatic nitrogens is 2. The molecule has 1 amide bonds. The predicted octanol–water partition coefficient (Wildman–Crippen LogP) is 6.01. The van der Waals surface area contributed by atoms with Crippen LogP contribution in [0.3, 0.4) is 0 Å². The highest BCUT2D eigenvalue weighted by atomic mass is 35.5. The van der Waals surface area contributed by atoms with Crippen molar-refractivity contribution in [2.75, 3.05) is 5.32 Å². The molecule has 2 aromatic carbocycles. The molecule has 0 saturated heterocycles. The third-order valence-corrected chi connectivity index (χ3v) is 4.92. The van der Waals surface area contributed by atoms with Crippen molar-refractivity contribution < 1.29 is 9.18 Å². The van der Waals surface area contributed by atoms with Gasteiger partial charge in [-0.25, -0.2) is 9.37 Å². The van der Waals surface area contributed by atoms with Crippen LogP contribution in [0, 0.1) is 12.7 Å². The van der Waals surface area contributed by atoms with Crippen molar-refractivity contribution in [3.8, 4) is 11.3 Å². The second kappa shape index (κ2) is 7.26. The second-order valence-corrected chi connectivity index (χ2v) is 7.12. The van der Waals surface area contributed by atoms with Crippen molar-refractivity contribution in [1.29, 1.82) is 0 Å². The lowest BCUT2D eigenvalue weighted by Gasteiger charge is -2.10. The summed E-state index contributed by atoms with van der Waals surface area (Å²) >= 11 is 11.8. The summed E-state index contributed by atoms with van der Waals surface area (Å²) in [5.41, 5.74) is 3.16. The molecule has 4 aromatic rings. The topological polar surface area (TPSA) is 46.4 Å². The molecule has 1 N–H and O–H groups in total. The molecule has 4 nitrogen and oxygen atoms in total. The maximum absolute atomic E-state index is 13.9. The van der Waals surface area contributed by atoms with Crippen molar-refractivity contribution in [3.05, 3.63) is 87.8 Å². The summed E-state index contributed by atoms with van der Waals surface area (Å²) in [5, 5.41) is 2.75. The largest absolute Gasteiger partial charge is 0.306 e. The van der Waals surface area contributed by atoms with Gasteiger partial charge in [0.25, 0.3) is 5.91 Å². The molecule has 2 heterocycles. The number of hydrogen-bond donors (Lipinski definition) is 1. The number of anilines is 1. The molecule has 0 unspecified atom stereocenters. The van der Waals surface area contributed by atoms with Gasteiger partial charge in [-0.3, -0.25) is 9.20 Å². The lowest BCUT2D eigenvalue weighted by molar-refractivity contribution is 0.102. The fourth-order valence-electron chi connectivity index (χ4n) is 2.93. The average molecular weight is 414 g/mol. The summed E-state index contributed by atoms with van der Waals surface area (Å²) in [7, 11) is 0. The van der Waals surface area contributed by atoms with Gasteiger partial charge in [0.05, 0.1) is 15.6 Å². The van der Waals surface area contributed by atoms with Gasteiger partial charge in [0.2, 0.25) is 0 Å². The van der Waals surface area contributed by atoms with Gasteiger partial charge in [-0.2, -0.15) is 0 Å². The van der Waals surface area contributed by atoms with E-state index in [1.165, 1.54) is 6.07 Å². The molecule has 0 radical (unpaired) electrons. The third-order valence-electron chi connectivity index (χ3n) is 4.32. The van der Waals surface area contributed by atoms with Gasteiger partial charge in [-0.1, -0.05) is 53.5 Å². The van der Waals surface area contributed by atoms with Crippen molar-refractivity contribution >= 4 is 40.6 Å². The monoisotopic (exact) mass is 413 g/mol. The lowest BCUT2D eigenvalue weighted by atomic mass is 10.1. The van der Waals surface area contributed by atoms with E-state index >= 15 is 0 Å². The maximum Gasteiger partial charge on any atom is 0.258 e. The molecule has 28 heavy (non-hydrogen) atoms. The Morgan fingerprint density at radius 2 is 1.82 bits per heavy atom. The number of imidazole rings is 1. The summed E-state index contributed by atoms with van der Waals surface area (Å²) in [4.78, 5) is 17.5. The highest BCUT2D eigenvalue weighted by Gasteiger charge is 2.20. The summed E-state index contributed by atoms with van der Waals surface area (Å²) in [6, 6.07) is 15.5. The Bertz CT molecular complexity index is 1210. The molecule has 4 rings (SSSR count). The predicted molar refractivity (Wildman–Crippen MR) is 110 cm³/mol. The molecule has 140 valence electrons. The van der Waals surface area contributed by atoms with Crippen LogP contribution in [-0.4, -0.2) is 15.3 Å². The van der Waals surface area contributed by atoms with E-state index < -0.39 is 11.7 Å². The number of rotatable bonds is 3. The normalized spacial score (nSPS) is 11.0. The van der Waals surface area contributed by atoms with E-state index in [0.717, 1.165) is 17.2 Å². The van der Waals surface area contributed by atoms with Crippen molar-refractivity contribution in [1.82, 2.24) is 9.38 Å². The number of nitrogens with zero attached hydrogens (tertiary/aromatic N) is 2. The Morgan fingerprint density at radius 3 is 2.57 bits per heavy atom. The van der Waals surface area contributed by atoms with Gasteiger partial charge < -0.3 is 5.32 Å². The number of carbonyl (C=O) groups is 1. The standard InChI is InChI=1S/C21H14Cl2FN3O/c1-12-7-8-27-18(9-12)25-19(13-5-3-2-4-6-13)20(27)26-21(28)14-10-17(24)16(23)11-15(14)22/h2-11H,1H3,(H,26,28). The second-order valence-electron chi connectivity index (χ2n) is 6.31. The Morgan fingerprint density at radius 1 is 1.07 bits per heavy atom. The number of fused-ring (bicyclic) bond motifs is 1. The number of amides is 1. The Labute approximate surface area is 170 Å². The van der Waals surface area contributed by atoms with Gasteiger partial charge in [0.15, 0.2) is 0 Å². The molecular formula is C21H14Cl2FN3O. The smallest absolute Gasteiger partial charge is 0.258 e. The first-order valence-corrected chi connectivity index (χ1v) is 9.19. The van der Waals surface area contributed by atoms with E-state index in [0.29, 0.717) is 17.2 Å². The van der Waals surface area contributed by atoms with Gasteiger partial charge in [0.1, 0.15) is 23.0 Å². The molecular weight excluding hydrogens is 400 g/mol. The molecule has 0 fully saturated rings. The molecule has 0 atom stereocenters. The van der Waals surface area contributed by atoms with Gasteiger partial charge >= 0.3 is 0 Å². The lowest BCUT2D eigenvalue weighted by Crippen LogP contribution is -2.15. The number of nitrogens with one attached hydrogen (secondary N) is 1. The number of hydrogen-bond acceptors (Lipinski definition) is 2. The molecule has 0 aliphatic carbocycles. The summed E-state index contributed by atoms with van der Waals surface area (Å²) in [6.45, 7) is 1.96. The highest BCUT2D eigenvalue weighted by Crippen LogP contribution is 2.31. The van der Waals surface area contributed by atoms with Crippen LogP contribution >= 0.6 is 23.2 Å². The number of pyridine rings is 1. The fourth-order valence-corrected chi connectivity index (χ4v) is 3.40. The van der Waals surface area contributed by atoms with Crippen LogP contribution in [0.4, 0.5) is 10.2 Å². The third kappa shape index (κ3) is 3.35. The van der Waals surface area contributed by atoms with E-state index in [4.69, 9.17) is 23.2 Å². The van der Waals surface area contributed by atoms with Crippen molar-refractivity contribution in [2.45, 2.75) is 6.92 Å². The Hall–Kier alpha value is -2.89. The van der Waals surface area contributed by atoms with Crippen LogP contribution in [0.1, 0.15) is 15.9 Å². The first-order chi connectivity index (χ1) is 13.4. The zero-order valence-corrected chi connectivity index (χ0v) is 16.2.